The Hall–Kier alpha value is -2.37. The number of piperazine rings is 1. The second kappa shape index (κ2) is 8.97. The standard InChI is InChI=1S/C23H34N4O2/c1-15(2)18-7-9-19(10-8-18)20(16(3)4)22(28)26-11-13-27(14-12-26)23-25-24-21(29-23)17(5)6/h7-10,15-17,20H,11-14H2,1-6H3. The number of aromatic nitrogens is 2. The van der Waals surface area contributed by atoms with Gasteiger partial charge in [-0.3, -0.25) is 4.79 Å². The molecule has 0 spiro atoms. The predicted molar refractivity (Wildman–Crippen MR) is 115 cm³/mol. The van der Waals surface area contributed by atoms with Crippen LogP contribution < -0.4 is 4.90 Å². The van der Waals surface area contributed by atoms with Crippen molar-refractivity contribution in [1.29, 1.82) is 0 Å². The van der Waals surface area contributed by atoms with Gasteiger partial charge >= 0.3 is 6.01 Å². The highest BCUT2D eigenvalue weighted by Gasteiger charge is 2.31. The second-order valence-electron chi connectivity index (χ2n) is 8.93. The minimum absolute atomic E-state index is 0.112. The number of hydrogen-bond acceptors (Lipinski definition) is 5. The molecule has 1 aliphatic heterocycles. The molecule has 3 rings (SSSR count). The van der Waals surface area contributed by atoms with Crippen molar-refractivity contribution in [2.45, 2.75) is 59.3 Å². The Labute approximate surface area is 174 Å². The molecule has 29 heavy (non-hydrogen) atoms. The number of anilines is 1. The monoisotopic (exact) mass is 398 g/mol. The van der Waals surface area contributed by atoms with E-state index in [1.165, 1.54) is 5.56 Å². The summed E-state index contributed by atoms with van der Waals surface area (Å²) in [5.74, 6) is 1.71. The molecule has 1 aliphatic rings. The van der Waals surface area contributed by atoms with Crippen LogP contribution in [0.3, 0.4) is 0 Å². The highest BCUT2D eigenvalue weighted by molar-refractivity contribution is 5.84. The second-order valence-corrected chi connectivity index (χ2v) is 8.93. The fraction of sp³-hybridized carbons (Fsp3) is 0.609. The third kappa shape index (κ3) is 4.80. The van der Waals surface area contributed by atoms with Crippen LogP contribution in [0.2, 0.25) is 0 Å². The first-order valence-electron chi connectivity index (χ1n) is 10.7. The maximum atomic E-state index is 13.4. The average molecular weight is 399 g/mol. The first-order valence-corrected chi connectivity index (χ1v) is 10.7. The lowest BCUT2D eigenvalue weighted by Crippen LogP contribution is -2.50. The molecule has 2 heterocycles. The summed E-state index contributed by atoms with van der Waals surface area (Å²) in [4.78, 5) is 17.4. The normalized spacial score (nSPS) is 16.2. The molecule has 0 aliphatic carbocycles. The highest BCUT2D eigenvalue weighted by Crippen LogP contribution is 2.29. The van der Waals surface area contributed by atoms with Crippen molar-refractivity contribution in [2.75, 3.05) is 31.1 Å². The Balaban J connectivity index is 1.67. The molecule has 2 aromatic rings. The zero-order valence-electron chi connectivity index (χ0n) is 18.6. The van der Waals surface area contributed by atoms with Crippen LogP contribution >= 0.6 is 0 Å². The van der Waals surface area contributed by atoms with E-state index < -0.39 is 0 Å². The largest absolute Gasteiger partial charge is 0.408 e. The maximum Gasteiger partial charge on any atom is 0.318 e. The van der Waals surface area contributed by atoms with Crippen molar-refractivity contribution in [2.24, 2.45) is 5.92 Å². The highest BCUT2D eigenvalue weighted by atomic mass is 16.4. The molecule has 1 amide bonds. The Morgan fingerprint density at radius 2 is 1.45 bits per heavy atom. The minimum Gasteiger partial charge on any atom is -0.408 e. The van der Waals surface area contributed by atoms with E-state index in [9.17, 15) is 4.79 Å². The zero-order chi connectivity index (χ0) is 21.1. The third-order valence-electron chi connectivity index (χ3n) is 5.68. The van der Waals surface area contributed by atoms with Crippen LogP contribution in [-0.4, -0.2) is 47.2 Å². The van der Waals surface area contributed by atoms with Crippen molar-refractivity contribution in [1.82, 2.24) is 15.1 Å². The predicted octanol–water partition coefficient (Wildman–Crippen LogP) is 4.40. The van der Waals surface area contributed by atoms with Crippen LogP contribution in [0.1, 0.15) is 76.3 Å². The summed E-state index contributed by atoms with van der Waals surface area (Å²) in [6.45, 7) is 15.5. The summed E-state index contributed by atoms with van der Waals surface area (Å²) in [7, 11) is 0. The zero-order valence-corrected chi connectivity index (χ0v) is 18.6. The topological polar surface area (TPSA) is 62.5 Å². The average Bonchev–Trinajstić information content (AvgIpc) is 3.19. The molecule has 1 fully saturated rings. The molecule has 6 heteroatoms. The number of benzene rings is 1. The molecule has 0 radical (unpaired) electrons. The fourth-order valence-corrected chi connectivity index (χ4v) is 3.80. The maximum absolute atomic E-state index is 13.4. The van der Waals surface area contributed by atoms with Gasteiger partial charge in [-0.05, 0) is 23.0 Å². The Morgan fingerprint density at radius 1 is 0.862 bits per heavy atom. The number of hydrogen-bond donors (Lipinski definition) is 0. The van der Waals surface area contributed by atoms with E-state index in [-0.39, 0.29) is 23.7 Å². The van der Waals surface area contributed by atoms with Crippen LogP contribution in [-0.2, 0) is 4.79 Å². The van der Waals surface area contributed by atoms with E-state index in [0.717, 1.165) is 5.56 Å². The van der Waals surface area contributed by atoms with E-state index in [1.807, 2.05) is 18.7 Å². The van der Waals surface area contributed by atoms with E-state index in [1.54, 1.807) is 0 Å². The number of carbonyl (C=O) groups excluding carboxylic acids is 1. The molecule has 0 bridgehead atoms. The van der Waals surface area contributed by atoms with Gasteiger partial charge in [0, 0.05) is 32.1 Å². The van der Waals surface area contributed by atoms with Gasteiger partial charge in [-0.2, -0.15) is 0 Å². The number of carbonyl (C=O) groups is 1. The van der Waals surface area contributed by atoms with Gasteiger partial charge in [0.1, 0.15) is 0 Å². The van der Waals surface area contributed by atoms with Crippen LogP contribution in [0, 0.1) is 5.92 Å². The smallest absolute Gasteiger partial charge is 0.318 e. The van der Waals surface area contributed by atoms with Crippen LogP contribution in [0.5, 0.6) is 0 Å². The number of nitrogens with zero attached hydrogens (tertiary/aromatic N) is 4. The molecule has 158 valence electrons. The number of rotatable bonds is 6. The van der Waals surface area contributed by atoms with Crippen LogP contribution in [0.4, 0.5) is 6.01 Å². The van der Waals surface area contributed by atoms with Crippen LogP contribution in [0.15, 0.2) is 28.7 Å². The van der Waals surface area contributed by atoms with E-state index in [4.69, 9.17) is 4.42 Å². The molecule has 0 saturated carbocycles. The third-order valence-corrected chi connectivity index (χ3v) is 5.68. The first-order chi connectivity index (χ1) is 13.8. The van der Waals surface area contributed by atoms with E-state index in [2.05, 4.69) is 67.1 Å². The van der Waals surface area contributed by atoms with Gasteiger partial charge < -0.3 is 14.2 Å². The summed E-state index contributed by atoms with van der Waals surface area (Å²) >= 11 is 0. The van der Waals surface area contributed by atoms with Crippen molar-refractivity contribution < 1.29 is 9.21 Å². The van der Waals surface area contributed by atoms with Gasteiger partial charge in [0.2, 0.25) is 11.8 Å². The molecule has 1 aromatic carbocycles. The molecular formula is C23H34N4O2. The quantitative estimate of drug-likeness (QED) is 0.721. The lowest BCUT2D eigenvalue weighted by molar-refractivity contribution is -0.134. The lowest BCUT2D eigenvalue weighted by atomic mass is 9.86. The Bertz CT molecular complexity index is 803. The Kier molecular flexibility index (Phi) is 6.60. The lowest BCUT2D eigenvalue weighted by Gasteiger charge is -2.36. The van der Waals surface area contributed by atoms with Gasteiger partial charge in [0.15, 0.2) is 0 Å². The fourth-order valence-electron chi connectivity index (χ4n) is 3.80. The molecule has 1 aromatic heterocycles. The summed E-state index contributed by atoms with van der Waals surface area (Å²) in [6, 6.07) is 9.12. The minimum atomic E-state index is -0.112. The molecule has 6 nitrogen and oxygen atoms in total. The van der Waals surface area contributed by atoms with Crippen molar-refractivity contribution >= 4 is 11.9 Å². The summed E-state index contributed by atoms with van der Waals surface area (Å²) in [5.41, 5.74) is 2.41. The van der Waals surface area contributed by atoms with E-state index >= 15 is 0 Å². The molecule has 1 saturated heterocycles. The molecule has 0 N–H and O–H groups in total. The number of amides is 1. The first kappa shape index (κ1) is 21.3. The molecular weight excluding hydrogens is 364 g/mol. The van der Waals surface area contributed by atoms with Gasteiger partial charge in [0.25, 0.3) is 0 Å². The van der Waals surface area contributed by atoms with Crippen LogP contribution in [0.25, 0.3) is 0 Å². The van der Waals surface area contributed by atoms with Gasteiger partial charge in [-0.25, -0.2) is 0 Å². The van der Waals surface area contributed by atoms with Crippen molar-refractivity contribution in [3.05, 3.63) is 41.3 Å². The van der Waals surface area contributed by atoms with Gasteiger partial charge in [-0.15, -0.1) is 5.10 Å². The Morgan fingerprint density at radius 3 is 1.93 bits per heavy atom. The summed E-state index contributed by atoms with van der Waals surface area (Å²) in [5, 5.41) is 8.29. The molecule has 1 atom stereocenters. The van der Waals surface area contributed by atoms with Gasteiger partial charge in [-0.1, -0.05) is 70.9 Å². The summed E-state index contributed by atoms with van der Waals surface area (Å²) < 4.78 is 5.77. The van der Waals surface area contributed by atoms with Crippen molar-refractivity contribution in [3.8, 4) is 0 Å². The molecule has 1 unspecified atom stereocenters. The van der Waals surface area contributed by atoms with Gasteiger partial charge in [0.05, 0.1) is 5.92 Å². The SMILES string of the molecule is CC(C)c1ccc(C(C(=O)N2CCN(c3nnc(C(C)C)o3)CC2)C(C)C)cc1. The summed E-state index contributed by atoms with van der Waals surface area (Å²) in [6.07, 6.45) is 0. The van der Waals surface area contributed by atoms with E-state index in [0.29, 0.717) is 44.0 Å². The van der Waals surface area contributed by atoms with Crippen molar-refractivity contribution in [3.63, 3.8) is 0 Å².